The van der Waals surface area contributed by atoms with Crippen molar-refractivity contribution in [3.8, 4) is 5.75 Å². The van der Waals surface area contributed by atoms with Crippen LogP contribution in [0.3, 0.4) is 0 Å². The molecule has 0 saturated carbocycles. The zero-order valence-corrected chi connectivity index (χ0v) is 28.1. The number of rotatable bonds is 37. The van der Waals surface area contributed by atoms with Gasteiger partial charge < -0.3 is 61.6 Å². The highest BCUT2D eigenvalue weighted by molar-refractivity contribution is 5.70. The summed E-state index contributed by atoms with van der Waals surface area (Å²) >= 11 is 0. The second-order valence-electron chi connectivity index (χ2n) is 9.35. The van der Waals surface area contributed by atoms with E-state index in [0.29, 0.717) is 151 Å². The van der Waals surface area contributed by atoms with Gasteiger partial charge in [0.15, 0.2) is 0 Å². The number of carbonyl (C=O) groups is 1. The number of ether oxygens (including phenoxy) is 13. The third-order valence-electron chi connectivity index (χ3n) is 5.71. The molecule has 0 aliphatic rings. The summed E-state index contributed by atoms with van der Waals surface area (Å²) in [6.07, 6.45) is 0. The summed E-state index contributed by atoms with van der Waals surface area (Å²) in [5, 5.41) is 10.6. The first-order valence-electron chi connectivity index (χ1n) is 15.9. The summed E-state index contributed by atoms with van der Waals surface area (Å²) < 4.78 is 69.3. The van der Waals surface area contributed by atoms with Crippen molar-refractivity contribution in [3.05, 3.63) is 34.4 Å². The van der Waals surface area contributed by atoms with E-state index in [2.05, 4.69) is 4.74 Å². The van der Waals surface area contributed by atoms with Gasteiger partial charge in [-0.05, 0) is 12.1 Å². The van der Waals surface area contributed by atoms with E-state index in [1.165, 1.54) is 19.2 Å². The van der Waals surface area contributed by atoms with E-state index in [9.17, 15) is 14.9 Å². The largest absolute Gasteiger partial charge is 0.491 e. The Balaban J connectivity index is 1.65. The molecule has 1 aromatic rings. The molecule has 0 radical (unpaired) electrons. The molecule has 0 aliphatic heterocycles. The zero-order chi connectivity index (χ0) is 34.6. The third-order valence-corrected chi connectivity index (χ3v) is 5.71. The second-order valence-corrected chi connectivity index (χ2v) is 9.35. The number of esters is 1. The fourth-order valence-electron chi connectivity index (χ4n) is 3.30. The van der Waals surface area contributed by atoms with E-state index in [-0.39, 0.29) is 12.3 Å². The quantitative estimate of drug-likeness (QED) is 0.0421. The van der Waals surface area contributed by atoms with Gasteiger partial charge >= 0.3 is 5.97 Å². The molecule has 0 atom stereocenters. The summed E-state index contributed by atoms with van der Waals surface area (Å²) in [4.78, 5) is 21.0. The fraction of sp³-hybridized carbons (Fsp3) is 0.774. The van der Waals surface area contributed by atoms with Crippen LogP contribution in [0.15, 0.2) is 24.3 Å². The van der Waals surface area contributed by atoms with Crippen molar-refractivity contribution < 1.29 is 71.3 Å². The lowest BCUT2D eigenvalue weighted by atomic mass is 10.3. The molecule has 1 rings (SSSR count). The lowest BCUT2D eigenvalue weighted by Gasteiger charge is -2.09. The minimum Gasteiger partial charge on any atom is -0.491 e. The molecule has 0 fully saturated rings. The van der Waals surface area contributed by atoms with E-state index < -0.39 is 10.9 Å². The Morgan fingerprint density at radius 1 is 0.479 bits per heavy atom. The molecule has 0 amide bonds. The number of nitro groups is 1. The maximum atomic E-state index is 10.9. The van der Waals surface area contributed by atoms with E-state index in [4.69, 9.17) is 56.8 Å². The van der Waals surface area contributed by atoms with E-state index >= 15 is 0 Å². The predicted octanol–water partition coefficient (Wildman–Crippen LogP) is 1.33. The van der Waals surface area contributed by atoms with Gasteiger partial charge in [-0.25, -0.2) is 4.79 Å². The van der Waals surface area contributed by atoms with Crippen molar-refractivity contribution in [1.82, 2.24) is 0 Å². The Morgan fingerprint density at radius 3 is 1.02 bits per heavy atom. The number of non-ortho nitro benzene ring substituents is 1. The van der Waals surface area contributed by atoms with Gasteiger partial charge in [0.2, 0.25) is 0 Å². The summed E-state index contributed by atoms with van der Waals surface area (Å²) in [5.41, 5.74) is 0.0216. The minimum absolute atomic E-state index is 0.0216. The average molecular weight is 696 g/mol. The molecule has 0 N–H and O–H groups in total. The van der Waals surface area contributed by atoms with E-state index in [0.717, 1.165) is 0 Å². The first kappa shape index (κ1) is 43.5. The lowest BCUT2D eigenvalue weighted by Crippen LogP contribution is -2.16. The average Bonchev–Trinajstić information content (AvgIpc) is 3.10. The lowest BCUT2D eigenvalue weighted by molar-refractivity contribution is -0.384. The van der Waals surface area contributed by atoms with Crippen molar-refractivity contribution in [1.29, 1.82) is 0 Å². The molecule has 48 heavy (non-hydrogen) atoms. The van der Waals surface area contributed by atoms with Gasteiger partial charge in [-0.15, -0.1) is 0 Å². The molecule has 0 spiro atoms. The predicted molar refractivity (Wildman–Crippen MR) is 170 cm³/mol. The van der Waals surface area contributed by atoms with Gasteiger partial charge in [-0.2, -0.15) is 0 Å². The topological polar surface area (TPSA) is 180 Å². The monoisotopic (exact) mass is 695 g/mol. The van der Waals surface area contributed by atoms with Crippen LogP contribution in [-0.4, -0.2) is 170 Å². The Morgan fingerprint density at radius 2 is 0.750 bits per heavy atom. The van der Waals surface area contributed by atoms with Gasteiger partial charge in [0, 0.05) is 12.1 Å². The van der Waals surface area contributed by atoms with Crippen molar-refractivity contribution in [2.24, 2.45) is 0 Å². The molecular formula is C31H53NO16. The molecule has 17 nitrogen and oxygen atoms in total. The number of hydrogen-bond acceptors (Lipinski definition) is 16. The van der Waals surface area contributed by atoms with Gasteiger partial charge in [-0.3, -0.25) is 10.1 Å². The standard InChI is InChI=1S/C31H53NO16/c1-36-31(33)28-47-25-24-45-21-20-43-17-16-41-13-12-39-9-8-37-6-7-38-10-11-40-14-15-42-18-19-44-22-23-46-26-27-48-30-4-2-29(3-5-30)32(34)35/h2-5H,6-28H2,1H3. The summed E-state index contributed by atoms with van der Waals surface area (Å²) in [6, 6.07) is 5.89. The Kier molecular flexibility index (Phi) is 31.1. The molecule has 0 bridgehead atoms. The van der Waals surface area contributed by atoms with Gasteiger partial charge in [-0.1, -0.05) is 0 Å². The number of methoxy groups -OCH3 is 1. The van der Waals surface area contributed by atoms with Crippen LogP contribution in [0.25, 0.3) is 0 Å². The normalized spacial score (nSPS) is 11.2. The Bertz CT molecular complexity index is 863. The number of carbonyl (C=O) groups excluding carboxylic acids is 1. The van der Waals surface area contributed by atoms with Crippen molar-refractivity contribution in [2.75, 3.05) is 159 Å². The molecule has 1 aromatic carbocycles. The third kappa shape index (κ3) is 29.6. The molecule has 278 valence electrons. The number of benzene rings is 1. The molecule has 0 aromatic heterocycles. The van der Waals surface area contributed by atoms with E-state index in [1.54, 1.807) is 12.1 Å². The summed E-state index contributed by atoms with van der Waals surface area (Å²) in [6.45, 7) is 9.72. The highest BCUT2D eigenvalue weighted by Gasteiger charge is 2.04. The SMILES string of the molecule is COC(=O)COCCOCCOCCOCCOCCOCCOCCOCCOCCOCCOCCOc1ccc([N+](=O)[O-])cc1. The van der Waals surface area contributed by atoms with Crippen LogP contribution in [-0.2, 0) is 61.6 Å². The molecular weight excluding hydrogens is 642 g/mol. The van der Waals surface area contributed by atoms with E-state index in [1.807, 2.05) is 0 Å². The van der Waals surface area contributed by atoms with Gasteiger partial charge in [0.25, 0.3) is 5.69 Å². The first-order valence-corrected chi connectivity index (χ1v) is 15.9. The van der Waals surface area contributed by atoms with Crippen LogP contribution in [0.1, 0.15) is 0 Å². The zero-order valence-electron chi connectivity index (χ0n) is 28.1. The number of nitrogens with zero attached hydrogens (tertiary/aromatic N) is 1. The molecule has 0 saturated heterocycles. The van der Waals surface area contributed by atoms with Crippen molar-refractivity contribution >= 4 is 11.7 Å². The van der Waals surface area contributed by atoms with Gasteiger partial charge in [0.05, 0.1) is 151 Å². The fourth-order valence-corrected chi connectivity index (χ4v) is 3.30. The summed E-state index contributed by atoms with van der Waals surface area (Å²) in [5.74, 6) is 0.137. The molecule has 0 unspecified atom stereocenters. The minimum atomic E-state index is -0.455. The van der Waals surface area contributed by atoms with Crippen LogP contribution in [0, 0.1) is 10.1 Å². The van der Waals surface area contributed by atoms with Crippen molar-refractivity contribution in [3.63, 3.8) is 0 Å². The van der Waals surface area contributed by atoms with Crippen LogP contribution in [0.4, 0.5) is 5.69 Å². The number of hydrogen-bond donors (Lipinski definition) is 0. The Labute approximate surface area is 282 Å². The van der Waals surface area contributed by atoms with Gasteiger partial charge in [0.1, 0.15) is 19.0 Å². The molecule has 17 heteroatoms. The first-order chi connectivity index (χ1) is 23.6. The van der Waals surface area contributed by atoms with Crippen LogP contribution < -0.4 is 4.74 Å². The second kappa shape index (κ2) is 34.3. The summed E-state index contributed by atoms with van der Waals surface area (Å²) in [7, 11) is 1.31. The van der Waals surface area contributed by atoms with Crippen LogP contribution in [0.5, 0.6) is 5.75 Å². The molecule has 0 aliphatic carbocycles. The van der Waals surface area contributed by atoms with Crippen LogP contribution >= 0.6 is 0 Å². The highest BCUT2D eigenvalue weighted by atomic mass is 16.6. The van der Waals surface area contributed by atoms with Crippen LogP contribution in [0.2, 0.25) is 0 Å². The maximum Gasteiger partial charge on any atom is 0.331 e. The molecule has 0 heterocycles. The number of nitro benzene ring substituents is 1. The maximum absolute atomic E-state index is 10.9. The Hall–Kier alpha value is -2.55. The van der Waals surface area contributed by atoms with Crippen molar-refractivity contribution in [2.45, 2.75) is 0 Å². The smallest absolute Gasteiger partial charge is 0.331 e. The highest BCUT2D eigenvalue weighted by Crippen LogP contribution is 2.17.